The van der Waals surface area contributed by atoms with Gasteiger partial charge in [-0.3, -0.25) is 0 Å². The Bertz CT molecular complexity index is 159. The molecule has 0 aromatic rings. The lowest BCUT2D eigenvalue weighted by molar-refractivity contribution is -0.163. The maximum Gasteiger partial charge on any atom is 0.417 e. The second-order valence-corrected chi connectivity index (χ2v) is 1.47. The van der Waals surface area contributed by atoms with Gasteiger partial charge in [-0.05, 0) is 6.92 Å². The van der Waals surface area contributed by atoms with E-state index in [2.05, 4.69) is 4.74 Å². The lowest BCUT2D eigenvalue weighted by atomic mass is 10.5. The molecule has 0 saturated carbocycles. The molecule has 0 unspecified atom stereocenters. The standard InChI is InChI=1S/C6H8O4/c1-2-3-4-10-6(9)5(7)8/h2-3H,4H2,1H3,(H,7,8)/b3-2+. The van der Waals surface area contributed by atoms with E-state index in [-0.39, 0.29) is 6.61 Å². The maximum absolute atomic E-state index is 10.2. The largest absolute Gasteiger partial charge is 0.473 e. The normalized spacial score (nSPS) is 9.70. The Balaban J connectivity index is 3.50. The number of carbonyl (C=O) groups excluding carboxylic acids is 1. The molecule has 0 rings (SSSR count). The van der Waals surface area contributed by atoms with E-state index < -0.39 is 11.9 Å². The Morgan fingerprint density at radius 3 is 2.60 bits per heavy atom. The molecule has 4 nitrogen and oxygen atoms in total. The van der Waals surface area contributed by atoms with Crippen molar-refractivity contribution < 1.29 is 19.4 Å². The zero-order valence-corrected chi connectivity index (χ0v) is 5.53. The van der Waals surface area contributed by atoms with Crippen LogP contribution in [0.1, 0.15) is 6.92 Å². The number of hydrogen-bond acceptors (Lipinski definition) is 3. The summed E-state index contributed by atoms with van der Waals surface area (Å²) in [6, 6.07) is 0. The predicted octanol–water partition coefficient (Wildman–Crippen LogP) is 0.190. The number of carbonyl (C=O) groups is 2. The van der Waals surface area contributed by atoms with Crippen molar-refractivity contribution in [2.45, 2.75) is 6.92 Å². The second-order valence-electron chi connectivity index (χ2n) is 1.47. The van der Waals surface area contributed by atoms with Crippen LogP contribution >= 0.6 is 0 Å². The number of ether oxygens (including phenoxy) is 1. The summed E-state index contributed by atoms with van der Waals surface area (Å²) in [6.45, 7) is 1.76. The van der Waals surface area contributed by atoms with Gasteiger partial charge in [-0.15, -0.1) is 0 Å². The molecular formula is C6H8O4. The third-order valence-electron chi connectivity index (χ3n) is 0.721. The van der Waals surface area contributed by atoms with Gasteiger partial charge in [0.15, 0.2) is 0 Å². The van der Waals surface area contributed by atoms with Crippen molar-refractivity contribution in [1.29, 1.82) is 0 Å². The van der Waals surface area contributed by atoms with Gasteiger partial charge in [0.2, 0.25) is 0 Å². The predicted molar refractivity (Wildman–Crippen MR) is 33.4 cm³/mol. The van der Waals surface area contributed by atoms with Gasteiger partial charge in [-0.1, -0.05) is 12.2 Å². The van der Waals surface area contributed by atoms with Crippen LogP contribution in [0.2, 0.25) is 0 Å². The van der Waals surface area contributed by atoms with Crippen molar-refractivity contribution in [2.24, 2.45) is 0 Å². The minimum atomic E-state index is -1.57. The molecule has 56 valence electrons. The first-order valence-corrected chi connectivity index (χ1v) is 2.69. The van der Waals surface area contributed by atoms with E-state index in [9.17, 15) is 9.59 Å². The number of allylic oxidation sites excluding steroid dienone is 1. The highest BCUT2D eigenvalue weighted by atomic mass is 16.6. The molecule has 0 saturated heterocycles. The van der Waals surface area contributed by atoms with Crippen molar-refractivity contribution in [2.75, 3.05) is 6.61 Å². The van der Waals surface area contributed by atoms with E-state index >= 15 is 0 Å². The Kier molecular flexibility index (Phi) is 3.95. The summed E-state index contributed by atoms with van der Waals surface area (Å²) in [7, 11) is 0. The molecule has 0 aliphatic heterocycles. The molecule has 0 fully saturated rings. The van der Waals surface area contributed by atoms with Crippen molar-refractivity contribution in [3.8, 4) is 0 Å². The van der Waals surface area contributed by atoms with Crippen LogP contribution in [0.4, 0.5) is 0 Å². The van der Waals surface area contributed by atoms with Crippen LogP contribution in [-0.4, -0.2) is 23.7 Å². The molecule has 0 aromatic carbocycles. The third kappa shape index (κ3) is 3.65. The first-order chi connectivity index (χ1) is 4.68. The molecule has 0 aromatic heterocycles. The van der Waals surface area contributed by atoms with Crippen LogP contribution in [-0.2, 0) is 14.3 Å². The highest BCUT2D eigenvalue weighted by molar-refractivity contribution is 6.28. The quantitative estimate of drug-likeness (QED) is 0.341. The summed E-state index contributed by atoms with van der Waals surface area (Å²) in [6.07, 6.45) is 3.20. The van der Waals surface area contributed by atoms with Crippen LogP contribution in [0, 0.1) is 0 Å². The summed E-state index contributed by atoms with van der Waals surface area (Å²) in [5.74, 6) is -2.79. The first-order valence-electron chi connectivity index (χ1n) is 2.69. The SMILES string of the molecule is C/C=C/COC(=O)C(=O)O. The van der Waals surface area contributed by atoms with Crippen LogP contribution in [0.3, 0.4) is 0 Å². The van der Waals surface area contributed by atoms with Gasteiger partial charge >= 0.3 is 11.9 Å². The fourth-order valence-electron chi connectivity index (χ4n) is 0.282. The molecule has 0 amide bonds. The Morgan fingerprint density at radius 2 is 2.20 bits per heavy atom. The summed E-state index contributed by atoms with van der Waals surface area (Å²) >= 11 is 0. The summed E-state index contributed by atoms with van der Waals surface area (Å²) < 4.78 is 4.22. The molecule has 1 N–H and O–H groups in total. The van der Waals surface area contributed by atoms with Crippen molar-refractivity contribution in [1.82, 2.24) is 0 Å². The molecule has 0 aliphatic carbocycles. The third-order valence-corrected chi connectivity index (χ3v) is 0.721. The number of aliphatic carboxylic acids is 1. The highest BCUT2D eigenvalue weighted by Gasteiger charge is 2.10. The first kappa shape index (κ1) is 8.68. The molecule has 0 heterocycles. The van der Waals surface area contributed by atoms with Crippen LogP contribution in [0.15, 0.2) is 12.2 Å². The number of hydrogen-bond donors (Lipinski definition) is 1. The van der Waals surface area contributed by atoms with E-state index in [1.54, 1.807) is 19.1 Å². The zero-order chi connectivity index (χ0) is 7.98. The van der Waals surface area contributed by atoms with E-state index in [1.807, 2.05) is 0 Å². The van der Waals surface area contributed by atoms with E-state index in [1.165, 1.54) is 0 Å². The zero-order valence-electron chi connectivity index (χ0n) is 5.53. The molecule has 0 atom stereocenters. The fraction of sp³-hybridized carbons (Fsp3) is 0.333. The Hall–Kier alpha value is -1.32. The van der Waals surface area contributed by atoms with Crippen molar-refractivity contribution >= 4 is 11.9 Å². The topological polar surface area (TPSA) is 63.6 Å². The summed E-state index contributed by atoms with van der Waals surface area (Å²) in [5, 5.41) is 7.98. The van der Waals surface area contributed by atoms with Crippen LogP contribution in [0.25, 0.3) is 0 Å². The molecule has 0 aliphatic rings. The monoisotopic (exact) mass is 144 g/mol. The van der Waals surface area contributed by atoms with E-state index in [0.717, 1.165) is 0 Å². The summed E-state index contributed by atoms with van der Waals surface area (Å²) in [4.78, 5) is 20.0. The van der Waals surface area contributed by atoms with Gasteiger partial charge < -0.3 is 9.84 Å². The van der Waals surface area contributed by atoms with Gasteiger partial charge in [-0.2, -0.15) is 0 Å². The van der Waals surface area contributed by atoms with Gasteiger partial charge in [0.05, 0.1) is 0 Å². The number of carboxylic acid groups (broad SMARTS) is 1. The highest BCUT2D eigenvalue weighted by Crippen LogP contribution is 1.79. The second kappa shape index (κ2) is 4.55. The lowest BCUT2D eigenvalue weighted by Crippen LogP contribution is -2.15. The van der Waals surface area contributed by atoms with Gasteiger partial charge in [0, 0.05) is 0 Å². The number of rotatable bonds is 2. The molecule has 0 spiro atoms. The Morgan fingerprint density at radius 1 is 1.60 bits per heavy atom. The molecule has 10 heavy (non-hydrogen) atoms. The average Bonchev–Trinajstić information content (AvgIpc) is 1.88. The minimum Gasteiger partial charge on any atom is -0.473 e. The van der Waals surface area contributed by atoms with Crippen LogP contribution in [0.5, 0.6) is 0 Å². The molecule has 4 heteroatoms. The van der Waals surface area contributed by atoms with Crippen molar-refractivity contribution in [3.63, 3.8) is 0 Å². The van der Waals surface area contributed by atoms with E-state index in [0.29, 0.717) is 0 Å². The average molecular weight is 144 g/mol. The fourth-order valence-corrected chi connectivity index (χ4v) is 0.282. The smallest absolute Gasteiger partial charge is 0.417 e. The van der Waals surface area contributed by atoms with Gasteiger partial charge in [-0.25, -0.2) is 9.59 Å². The van der Waals surface area contributed by atoms with Crippen LogP contribution < -0.4 is 0 Å². The Labute approximate surface area is 58.1 Å². The summed E-state index contributed by atoms with van der Waals surface area (Å²) in [5.41, 5.74) is 0. The van der Waals surface area contributed by atoms with Gasteiger partial charge in [0.25, 0.3) is 0 Å². The molecule has 0 bridgehead atoms. The van der Waals surface area contributed by atoms with Gasteiger partial charge in [0.1, 0.15) is 6.61 Å². The molecular weight excluding hydrogens is 136 g/mol. The maximum atomic E-state index is 10.2. The number of carboxylic acids is 1. The lowest BCUT2D eigenvalue weighted by Gasteiger charge is -1.93. The van der Waals surface area contributed by atoms with Crippen molar-refractivity contribution in [3.05, 3.63) is 12.2 Å². The van der Waals surface area contributed by atoms with E-state index in [4.69, 9.17) is 5.11 Å². The number of esters is 1. The minimum absolute atomic E-state index is 0.0155. The molecule has 0 radical (unpaired) electrons.